The SMILES string of the molecule is O=C(Cc1c(F)c(F)c(F)c(F)c1F)c1ccc(-c2ccccc2)cc1. The van der Waals surface area contributed by atoms with Gasteiger partial charge in [0.2, 0.25) is 5.82 Å². The maximum atomic E-state index is 13.7. The molecule has 0 amide bonds. The van der Waals surface area contributed by atoms with Gasteiger partial charge in [-0.3, -0.25) is 4.79 Å². The molecular formula is C20H11F5O. The zero-order valence-electron chi connectivity index (χ0n) is 13.2. The minimum Gasteiger partial charge on any atom is -0.294 e. The number of carbonyl (C=O) groups is 1. The number of halogens is 5. The highest BCUT2D eigenvalue weighted by Gasteiger charge is 2.27. The Bertz CT molecular complexity index is 937. The Kier molecular flexibility index (Phi) is 4.84. The van der Waals surface area contributed by atoms with Gasteiger partial charge in [0, 0.05) is 17.5 Å². The first-order valence-corrected chi connectivity index (χ1v) is 7.59. The summed E-state index contributed by atoms with van der Waals surface area (Å²) >= 11 is 0. The predicted molar refractivity (Wildman–Crippen MR) is 86.1 cm³/mol. The van der Waals surface area contributed by atoms with Crippen molar-refractivity contribution in [2.45, 2.75) is 6.42 Å². The molecule has 3 aromatic carbocycles. The average molecular weight is 362 g/mol. The Hall–Kier alpha value is -3.02. The van der Waals surface area contributed by atoms with Gasteiger partial charge in [0.05, 0.1) is 0 Å². The fourth-order valence-corrected chi connectivity index (χ4v) is 2.55. The van der Waals surface area contributed by atoms with Crippen molar-refractivity contribution in [1.29, 1.82) is 0 Å². The number of hydrogen-bond donors (Lipinski definition) is 0. The van der Waals surface area contributed by atoms with Crippen LogP contribution in [0.1, 0.15) is 15.9 Å². The van der Waals surface area contributed by atoms with E-state index in [2.05, 4.69) is 0 Å². The Labute approximate surface area is 145 Å². The summed E-state index contributed by atoms with van der Waals surface area (Å²) in [4.78, 5) is 12.2. The number of ketones is 1. The third-order valence-corrected chi connectivity index (χ3v) is 3.95. The second-order valence-corrected chi connectivity index (χ2v) is 5.59. The smallest absolute Gasteiger partial charge is 0.200 e. The summed E-state index contributed by atoms with van der Waals surface area (Å²) in [6, 6.07) is 15.4. The van der Waals surface area contributed by atoms with Gasteiger partial charge in [0.25, 0.3) is 0 Å². The summed E-state index contributed by atoms with van der Waals surface area (Å²) < 4.78 is 66.9. The van der Waals surface area contributed by atoms with Crippen LogP contribution in [0.4, 0.5) is 22.0 Å². The number of carbonyl (C=O) groups excluding carboxylic acids is 1. The first-order chi connectivity index (χ1) is 12.4. The molecule has 6 heteroatoms. The van der Waals surface area contributed by atoms with Crippen LogP contribution in [0.3, 0.4) is 0 Å². The molecule has 0 aliphatic heterocycles. The van der Waals surface area contributed by atoms with E-state index < -0.39 is 46.9 Å². The van der Waals surface area contributed by atoms with Crippen LogP contribution in [0, 0.1) is 29.1 Å². The molecule has 0 aliphatic rings. The third-order valence-electron chi connectivity index (χ3n) is 3.95. The summed E-state index contributed by atoms with van der Waals surface area (Å²) in [6.45, 7) is 0. The van der Waals surface area contributed by atoms with Crippen LogP contribution in [0.25, 0.3) is 11.1 Å². The fraction of sp³-hybridized carbons (Fsp3) is 0.0500. The van der Waals surface area contributed by atoms with Crippen molar-refractivity contribution < 1.29 is 26.7 Å². The lowest BCUT2D eigenvalue weighted by Gasteiger charge is -2.08. The van der Waals surface area contributed by atoms with Gasteiger partial charge in [0.15, 0.2) is 29.1 Å². The quantitative estimate of drug-likeness (QED) is 0.260. The normalized spacial score (nSPS) is 10.8. The highest BCUT2D eigenvalue weighted by atomic mass is 19.2. The van der Waals surface area contributed by atoms with E-state index in [4.69, 9.17) is 0 Å². The average Bonchev–Trinajstić information content (AvgIpc) is 2.69. The zero-order chi connectivity index (χ0) is 18.8. The maximum Gasteiger partial charge on any atom is 0.200 e. The molecule has 0 fully saturated rings. The second kappa shape index (κ2) is 7.07. The molecule has 1 nitrogen and oxygen atoms in total. The van der Waals surface area contributed by atoms with E-state index in [0.29, 0.717) is 0 Å². The molecule has 0 saturated carbocycles. The van der Waals surface area contributed by atoms with E-state index >= 15 is 0 Å². The van der Waals surface area contributed by atoms with Gasteiger partial charge >= 0.3 is 0 Å². The predicted octanol–water partition coefficient (Wildman–Crippen LogP) is 5.47. The van der Waals surface area contributed by atoms with Crippen molar-refractivity contribution in [2.24, 2.45) is 0 Å². The number of rotatable bonds is 4. The number of Topliss-reactive ketones (excluding diaryl/α,β-unsaturated/α-hetero) is 1. The summed E-state index contributed by atoms with van der Waals surface area (Å²) in [5.74, 6) is -11.1. The lowest BCUT2D eigenvalue weighted by atomic mass is 9.98. The summed E-state index contributed by atoms with van der Waals surface area (Å²) in [6.07, 6.45) is -0.934. The van der Waals surface area contributed by atoms with E-state index in [-0.39, 0.29) is 5.56 Å². The summed E-state index contributed by atoms with van der Waals surface area (Å²) in [5, 5.41) is 0. The van der Waals surface area contributed by atoms with Gasteiger partial charge in [-0.15, -0.1) is 0 Å². The highest BCUT2D eigenvalue weighted by Crippen LogP contribution is 2.25. The highest BCUT2D eigenvalue weighted by molar-refractivity contribution is 5.98. The Morgan fingerprint density at radius 2 is 1.08 bits per heavy atom. The van der Waals surface area contributed by atoms with Crippen LogP contribution in [0.5, 0.6) is 0 Å². The van der Waals surface area contributed by atoms with Crippen LogP contribution >= 0.6 is 0 Å². The molecule has 132 valence electrons. The molecule has 0 spiro atoms. The molecule has 0 unspecified atom stereocenters. The van der Waals surface area contributed by atoms with Crippen molar-refractivity contribution in [2.75, 3.05) is 0 Å². The molecule has 0 N–H and O–H groups in total. The van der Waals surface area contributed by atoms with E-state index in [1.54, 1.807) is 12.1 Å². The van der Waals surface area contributed by atoms with Crippen molar-refractivity contribution >= 4 is 5.78 Å². The molecule has 0 atom stereocenters. The Balaban J connectivity index is 1.88. The molecule has 0 aromatic heterocycles. The van der Waals surface area contributed by atoms with Gasteiger partial charge in [0.1, 0.15) is 0 Å². The third kappa shape index (κ3) is 3.22. The minimum atomic E-state index is -2.25. The number of hydrogen-bond acceptors (Lipinski definition) is 1. The van der Waals surface area contributed by atoms with Crippen molar-refractivity contribution in [3.8, 4) is 11.1 Å². The van der Waals surface area contributed by atoms with Crippen LogP contribution in [-0.2, 0) is 6.42 Å². The monoisotopic (exact) mass is 362 g/mol. The van der Waals surface area contributed by atoms with Gasteiger partial charge in [-0.1, -0.05) is 54.6 Å². The molecule has 3 rings (SSSR count). The van der Waals surface area contributed by atoms with Gasteiger partial charge in [-0.25, -0.2) is 22.0 Å². The standard InChI is InChI=1S/C20H11F5O/c21-16-14(17(22)19(24)20(25)18(16)23)10-15(26)13-8-6-12(7-9-13)11-4-2-1-3-5-11/h1-9H,10H2. The van der Waals surface area contributed by atoms with E-state index in [1.165, 1.54) is 12.1 Å². The Morgan fingerprint density at radius 3 is 1.62 bits per heavy atom. The first-order valence-electron chi connectivity index (χ1n) is 7.59. The molecule has 0 bridgehead atoms. The lowest BCUT2D eigenvalue weighted by molar-refractivity contribution is 0.0990. The first kappa shape index (κ1) is 17.8. The topological polar surface area (TPSA) is 17.1 Å². The summed E-state index contributed by atoms with van der Waals surface area (Å²) in [7, 11) is 0. The van der Waals surface area contributed by atoms with E-state index in [0.717, 1.165) is 11.1 Å². The van der Waals surface area contributed by atoms with Gasteiger partial charge < -0.3 is 0 Å². The molecule has 0 heterocycles. The molecule has 0 aliphatic carbocycles. The largest absolute Gasteiger partial charge is 0.294 e. The van der Waals surface area contributed by atoms with Crippen molar-refractivity contribution in [1.82, 2.24) is 0 Å². The number of benzene rings is 3. The second-order valence-electron chi connectivity index (χ2n) is 5.59. The zero-order valence-corrected chi connectivity index (χ0v) is 13.2. The maximum absolute atomic E-state index is 13.7. The Morgan fingerprint density at radius 1 is 0.615 bits per heavy atom. The fourth-order valence-electron chi connectivity index (χ4n) is 2.55. The van der Waals surface area contributed by atoms with Crippen LogP contribution in [-0.4, -0.2) is 5.78 Å². The van der Waals surface area contributed by atoms with Gasteiger partial charge in [-0.2, -0.15) is 0 Å². The molecular weight excluding hydrogens is 351 g/mol. The van der Waals surface area contributed by atoms with Crippen LogP contribution < -0.4 is 0 Å². The summed E-state index contributed by atoms with van der Waals surface area (Å²) in [5.41, 5.74) is 0.691. The van der Waals surface area contributed by atoms with Crippen LogP contribution in [0.15, 0.2) is 54.6 Å². The molecule has 0 saturated heterocycles. The van der Waals surface area contributed by atoms with Crippen molar-refractivity contribution in [3.05, 3.63) is 94.8 Å². The van der Waals surface area contributed by atoms with Gasteiger partial charge in [-0.05, 0) is 11.1 Å². The molecule has 26 heavy (non-hydrogen) atoms. The van der Waals surface area contributed by atoms with E-state index in [9.17, 15) is 26.7 Å². The van der Waals surface area contributed by atoms with Crippen LogP contribution in [0.2, 0.25) is 0 Å². The molecule has 3 aromatic rings. The lowest BCUT2D eigenvalue weighted by Crippen LogP contribution is -2.12. The molecule has 0 radical (unpaired) electrons. The minimum absolute atomic E-state index is 0.105. The van der Waals surface area contributed by atoms with E-state index in [1.807, 2.05) is 30.3 Å². The van der Waals surface area contributed by atoms with Crippen molar-refractivity contribution in [3.63, 3.8) is 0 Å².